The minimum atomic E-state index is -0.577. The van der Waals surface area contributed by atoms with Crippen molar-refractivity contribution >= 4 is 28.6 Å². The lowest BCUT2D eigenvalue weighted by Gasteiger charge is -2.10. The number of fused-ring (bicyclic) bond motifs is 1. The molecule has 1 heterocycles. The van der Waals surface area contributed by atoms with E-state index in [9.17, 15) is 14.4 Å². The summed E-state index contributed by atoms with van der Waals surface area (Å²) in [6.07, 6.45) is 1.56. The van der Waals surface area contributed by atoms with Gasteiger partial charge in [0.25, 0.3) is 17.7 Å². The Morgan fingerprint density at radius 3 is 2.45 bits per heavy atom. The molecule has 0 atom stereocenters. The molecule has 2 aromatic carbocycles. The van der Waals surface area contributed by atoms with Gasteiger partial charge in [0.15, 0.2) is 11.5 Å². The Labute approximate surface area is 166 Å². The number of benzene rings is 2. The number of methoxy groups -OCH3 is 2. The number of hydrogen-bond donors (Lipinski definition) is 4. The zero-order valence-corrected chi connectivity index (χ0v) is 15.9. The molecule has 0 aliphatic heterocycles. The highest BCUT2D eigenvalue weighted by Crippen LogP contribution is 2.27. The maximum absolute atomic E-state index is 12.3. The molecule has 0 aliphatic rings. The quantitative estimate of drug-likeness (QED) is 0.469. The van der Waals surface area contributed by atoms with Gasteiger partial charge in [-0.25, -0.2) is 0 Å². The average molecular weight is 396 g/mol. The van der Waals surface area contributed by atoms with E-state index >= 15 is 0 Å². The number of para-hydroxylation sites is 1. The molecule has 0 unspecified atom stereocenters. The lowest BCUT2D eigenvalue weighted by Crippen LogP contribution is -2.46. The Hall–Kier alpha value is -4.01. The second-order valence-corrected chi connectivity index (χ2v) is 6.00. The fourth-order valence-corrected chi connectivity index (χ4v) is 2.74. The largest absolute Gasteiger partial charge is 0.493 e. The predicted octanol–water partition coefficient (Wildman–Crippen LogP) is 1.38. The second kappa shape index (κ2) is 8.79. The third-order valence-corrected chi connectivity index (χ3v) is 4.20. The molecule has 0 radical (unpaired) electrons. The minimum absolute atomic E-state index is 0.304. The number of H-pyrrole nitrogens is 1. The van der Waals surface area contributed by atoms with Gasteiger partial charge in [-0.3, -0.25) is 25.2 Å². The van der Waals surface area contributed by atoms with Crippen molar-refractivity contribution in [3.63, 3.8) is 0 Å². The summed E-state index contributed by atoms with van der Waals surface area (Å²) in [4.78, 5) is 39.4. The molecule has 1 aromatic heterocycles. The lowest BCUT2D eigenvalue weighted by atomic mass is 10.2. The molecule has 3 aromatic rings. The van der Waals surface area contributed by atoms with Gasteiger partial charge in [-0.2, -0.15) is 0 Å². The normalized spacial score (nSPS) is 10.3. The second-order valence-electron chi connectivity index (χ2n) is 6.00. The van der Waals surface area contributed by atoms with Gasteiger partial charge in [0.05, 0.1) is 26.3 Å². The van der Waals surface area contributed by atoms with E-state index < -0.39 is 17.7 Å². The predicted molar refractivity (Wildman–Crippen MR) is 106 cm³/mol. The van der Waals surface area contributed by atoms with Crippen molar-refractivity contribution in [3.05, 3.63) is 59.8 Å². The van der Waals surface area contributed by atoms with Crippen molar-refractivity contribution in [1.82, 2.24) is 21.2 Å². The molecule has 29 heavy (non-hydrogen) atoms. The van der Waals surface area contributed by atoms with Crippen LogP contribution in [0.2, 0.25) is 0 Å². The molecule has 0 aliphatic carbocycles. The summed E-state index contributed by atoms with van der Waals surface area (Å²) in [5.74, 6) is -0.629. The smallest absolute Gasteiger partial charge is 0.271 e. The molecule has 0 spiro atoms. The van der Waals surface area contributed by atoms with E-state index in [2.05, 4.69) is 21.2 Å². The number of ether oxygens (including phenoxy) is 2. The Kier molecular flexibility index (Phi) is 5.98. The summed E-state index contributed by atoms with van der Waals surface area (Å²) < 4.78 is 10.3. The van der Waals surface area contributed by atoms with Crippen LogP contribution < -0.4 is 25.6 Å². The molecule has 150 valence electrons. The van der Waals surface area contributed by atoms with Crippen molar-refractivity contribution in [1.29, 1.82) is 0 Å². The van der Waals surface area contributed by atoms with E-state index in [1.807, 2.05) is 18.2 Å². The highest BCUT2D eigenvalue weighted by atomic mass is 16.5. The molecule has 4 N–H and O–H groups in total. The van der Waals surface area contributed by atoms with Crippen LogP contribution in [0, 0.1) is 0 Å². The van der Waals surface area contributed by atoms with Crippen LogP contribution in [-0.4, -0.2) is 43.5 Å². The van der Waals surface area contributed by atoms with Gasteiger partial charge >= 0.3 is 0 Å². The summed E-state index contributed by atoms with van der Waals surface area (Å²) in [5.41, 5.74) is 6.11. The number of rotatable bonds is 6. The summed E-state index contributed by atoms with van der Waals surface area (Å²) >= 11 is 0. The summed E-state index contributed by atoms with van der Waals surface area (Å²) in [6, 6.07) is 12.0. The van der Waals surface area contributed by atoms with Crippen LogP contribution in [0.1, 0.15) is 20.7 Å². The number of hydrogen-bond acceptors (Lipinski definition) is 5. The number of hydrazine groups is 1. The topological polar surface area (TPSA) is 122 Å². The molecule has 0 bridgehead atoms. The van der Waals surface area contributed by atoms with Crippen molar-refractivity contribution in [2.75, 3.05) is 20.8 Å². The van der Waals surface area contributed by atoms with Crippen LogP contribution in [0.5, 0.6) is 11.5 Å². The SMILES string of the molecule is COc1ccc(C(=O)NCC(=O)NNC(=O)c2c[nH]c3ccccc23)cc1OC. The van der Waals surface area contributed by atoms with Gasteiger partial charge in [-0.05, 0) is 24.3 Å². The van der Waals surface area contributed by atoms with Gasteiger partial charge < -0.3 is 19.8 Å². The first-order chi connectivity index (χ1) is 14.0. The first-order valence-corrected chi connectivity index (χ1v) is 8.69. The van der Waals surface area contributed by atoms with E-state index in [1.54, 1.807) is 24.4 Å². The van der Waals surface area contributed by atoms with Crippen LogP contribution in [-0.2, 0) is 4.79 Å². The van der Waals surface area contributed by atoms with Crippen LogP contribution in [0.3, 0.4) is 0 Å². The number of nitrogens with one attached hydrogen (secondary N) is 4. The molecular formula is C20H20N4O5. The lowest BCUT2D eigenvalue weighted by molar-refractivity contribution is -0.120. The van der Waals surface area contributed by atoms with Crippen molar-refractivity contribution in [3.8, 4) is 11.5 Å². The van der Waals surface area contributed by atoms with E-state index in [-0.39, 0.29) is 6.54 Å². The monoisotopic (exact) mass is 396 g/mol. The maximum Gasteiger partial charge on any atom is 0.271 e. The molecular weight excluding hydrogens is 376 g/mol. The van der Waals surface area contributed by atoms with Gasteiger partial charge in [0.2, 0.25) is 0 Å². The summed E-state index contributed by atoms with van der Waals surface area (Å²) in [5, 5.41) is 3.21. The zero-order chi connectivity index (χ0) is 20.8. The maximum atomic E-state index is 12.3. The molecule has 9 heteroatoms. The molecule has 0 saturated heterocycles. The van der Waals surface area contributed by atoms with Gasteiger partial charge in [-0.15, -0.1) is 0 Å². The summed E-state index contributed by atoms with van der Waals surface area (Å²) in [6.45, 7) is -0.318. The van der Waals surface area contributed by atoms with Crippen molar-refractivity contribution in [2.45, 2.75) is 0 Å². The van der Waals surface area contributed by atoms with E-state index in [4.69, 9.17) is 9.47 Å². The Bertz CT molecular complexity index is 1060. The number of amides is 3. The van der Waals surface area contributed by atoms with Crippen LogP contribution in [0.4, 0.5) is 0 Å². The fourth-order valence-electron chi connectivity index (χ4n) is 2.74. The Morgan fingerprint density at radius 1 is 0.931 bits per heavy atom. The molecule has 0 saturated carbocycles. The molecule has 3 rings (SSSR count). The number of carbonyl (C=O) groups is 3. The van der Waals surface area contributed by atoms with Gasteiger partial charge in [0, 0.05) is 22.7 Å². The first-order valence-electron chi connectivity index (χ1n) is 8.69. The number of aromatic nitrogens is 1. The van der Waals surface area contributed by atoms with Crippen molar-refractivity contribution < 1.29 is 23.9 Å². The highest BCUT2D eigenvalue weighted by molar-refractivity contribution is 6.07. The van der Waals surface area contributed by atoms with E-state index in [1.165, 1.54) is 20.3 Å². The highest BCUT2D eigenvalue weighted by Gasteiger charge is 2.14. The summed E-state index contributed by atoms with van der Waals surface area (Å²) in [7, 11) is 2.95. The average Bonchev–Trinajstić information content (AvgIpc) is 3.19. The molecule has 3 amide bonds. The van der Waals surface area contributed by atoms with Crippen LogP contribution >= 0.6 is 0 Å². The number of carbonyl (C=O) groups excluding carboxylic acids is 3. The molecule has 0 fully saturated rings. The third-order valence-electron chi connectivity index (χ3n) is 4.20. The first kappa shape index (κ1) is 19.7. The zero-order valence-electron chi connectivity index (χ0n) is 15.9. The number of aromatic amines is 1. The van der Waals surface area contributed by atoms with Gasteiger partial charge in [-0.1, -0.05) is 18.2 Å². The van der Waals surface area contributed by atoms with E-state index in [0.717, 1.165) is 10.9 Å². The fraction of sp³-hybridized carbons (Fsp3) is 0.150. The van der Waals surface area contributed by atoms with Crippen LogP contribution in [0.15, 0.2) is 48.7 Å². The Balaban J connectivity index is 1.52. The van der Waals surface area contributed by atoms with E-state index in [0.29, 0.717) is 22.6 Å². The third kappa shape index (κ3) is 4.46. The van der Waals surface area contributed by atoms with Crippen molar-refractivity contribution in [2.24, 2.45) is 0 Å². The standard InChI is InChI=1S/C20H20N4O5/c1-28-16-8-7-12(9-17(16)29-2)19(26)22-11-18(25)23-24-20(27)14-10-21-15-6-4-3-5-13(14)15/h3-10,21H,11H2,1-2H3,(H,22,26)(H,23,25)(H,24,27). The van der Waals surface area contributed by atoms with Crippen LogP contribution in [0.25, 0.3) is 10.9 Å². The van der Waals surface area contributed by atoms with Gasteiger partial charge in [0.1, 0.15) is 0 Å². The minimum Gasteiger partial charge on any atom is -0.493 e. The Morgan fingerprint density at radius 2 is 1.69 bits per heavy atom. The molecule has 9 nitrogen and oxygen atoms in total.